The van der Waals surface area contributed by atoms with Crippen molar-refractivity contribution in [1.29, 1.82) is 0 Å². The Morgan fingerprint density at radius 3 is 2.10 bits per heavy atom. The molecule has 0 aliphatic heterocycles. The average molecular weight is 288 g/mol. The topological polar surface area (TPSA) is 38.0 Å². The lowest BCUT2D eigenvalue weighted by atomic mass is 10.1. The second-order valence-corrected chi connectivity index (χ2v) is 4.03. The van der Waals surface area contributed by atoms with Gasteiger partial charge in [-0.2, -0.15) is 0 Å². The van der Waals surface area contributed by atoms with Crippen molar-refractivity contribution in [1.82, 2.24) is 0 Å². The van der Waals surface area contributed by atoms with Crippen LogP contribution in [0.15, 0.2) is 30.3 Å². The maximum Gasteiger partial charge on any atom is 0.265 e. The van der Waals surface area contributed by atoms with Crippen molar-refractivity contribution in [3.8, 4) is 0 Å². The molecule has 0 fully saturated rings. The van der Waals surface area contributed by atoms with Gasteiger partial charge in [0.05, 0.1) is 0 Å². The molecule has 2 aromatic rings. The van der Waals surface area contributed by atoms with Crippen LogP contribution in [0.25, 0.3) is 0 Å². The smallest absolute Gasteiger partial charge is 0.265 e. The van der Waals surface area contributed by atoms with E-state index in [0.717, 1.165) is 6.07 Å². The van der Waals surface area contributed by atoms with E-state index in [0.29, 0.717) is 12.1 Å². The van der Waals surface area contributed by atoms with E-state index in [4.69, 9.17) is 5.73 Å². The van der Waals surface area contributed by atoms with E-state index in [9.17, 15) is 22.0 Å². The number of nitrogens with one attached hydrogen (secondary N) is 1. The predicted octanol–water partition coefficient (Wildman–Crippen LogP) is 4.37. The highest BCUT2D eigenvalue weighted by atomic mass is 19.3. The van der Waals surface area contributed by atoms with Gasteiger partial charge in [-0.1, -0.05) is 0 Å². The van der Waals surface area contributed by atoms with Gasteiger partial charge in [-0.15, -0.1) is 0 Å². The highest BCUT2D eigenvalue weighted by Gasteiger charge is 2.15. The molecule has 0 aliphatic carbocycles. The monoisotopic (exact) mass is 288 g/mol. The molecule has 2 rings (SSSR count). The summed E-state index contributed by atoms with van der Waals surface area (Å²) in [6.07, 6.45) is -2.82. The largest absolute Gasteiger partial charge is 0.399 e. The van der Waals surface area contributed by atoms with Crippen LogP contribution in [0.4, 0.5) is 39.0 Å². The first-order valence-electron chi connectivity index (χ1n) is 5.47. The Morgan fingerprint density at radius 2 is 1.55 bits per heavy atom. The number of rotatable bonds is 3. The van der Waals surface area contributed by atoms with Gasteiger partial charge in [-0.05, 0) is 18.2 Å². The maximum atomic E-state index is 13.0. The fraction of sp³-hybridized carbons (Fsp3) is 0.0769. The van der Waals surface area contributed by atoms with E-state index < -0.39 is 29.4 Å². The van der Waals surface area contributed by atoms with Crippen LogP contribution < -0.4 is 11.1 Å². The minimum Gasteiger partial charge on any atom is -0.399 e. The van der Waals surface area contributed by atoms with Gasteiger partial charge in [0.1, 0.15) is 0 Å². The van der Waals surface area contributed by atoms with Gasteiger partial charge in [0.2, 0.25) is 0 Å². The Kier molecular flexibility index (Phi) is 3.78. The maximum absolute atomic E-state index is 13.0. The Morgan fingerprint density at radius 1 is 0.950 bits per heavy atom. The highest BCUT2D eigenvalue weighted by molar-refractivity contribution is 5.66. The lowest BCUT2D eigenvalue weighted by Crippen LogP contribution is -2.00. The Hall–Kier alpha value is -2.31. The summed E-state index contributed by atoms with van der Waals surface area (Å²) in [5, 5.41) is 2.41. The van der Waals surface area contributed by atoms with E-state index in [1.165, 1.54) is 12.1 Å². The molecule has 20 heavy (non-hydrogen) atoms. The van der Waals surface area contributed by atoms with Crippen molar-refractivity contribution < 1.29 is 22.0 Å². The third kappa shape index (κ3) is 2.81. The molecule has 0 aliphatic rings. The third-order valence-electron chi connectivity index (χ3n) is 2.57. The fourth-order valence-corrected chi connectivity index (χ4v) is 1.66. The molecule has 0 saturated heterocycles. The standard InChI is InChI=1S/C13H9F5N2/c14-9-4-7(5-10(15)12(9)16)20-11-2-1-6(19)3-8(11)13(17)18/h1-5,13,20H,19H2. The molecule has 3 N–H and O–H groups in total. The summed E-state index contributed by atoms with van der Waals surface area (Å²) in [5.74, 6) is -4.45. The van der Waals surface area contributed by atoms with Crippen molar-refractivity contribution in [2.24, 2.45) is 0 Å². The van der Waals surface area contributed by atoms with E-state index in [-0.39, 0.29) is 17.1 Å². The van der Waals surface area contributed by atoms with Gasteiger partial charge in [0.25, 0.3) is 6.43 Å². The predicted molar refractivity (Wildman–Crippen MR) is 65.4 cm³/mol. The molecule has 0 unspecified atom stereocenters. The zero-order chi connectivity index (χ0) is 14.9. The van der Waals surface area contributed by atoms with Gasteiger partial charge in [-0.3, -0.25) is 0 Å². The first-order valence-corrected chi connectivity index (χ1v) is 5.47. The molecule has 0 radical (unpaired) electrons. The molecule has 0 amide bonds. The van der Waals surface area contributed by atoms with Gasteiger partial charge >= 0.3 is 0 Å². The molecule has 2 nitrogen and oxygen atoms in total. The second-order valence-electron chi connectivity index (χ2n) is 4.03. The lowest BCUT2D eigenvalue weighted by molar-refractivity contribution is 0.152. The number of nitrogens with two attached hydrogens (primary N) is 1. The molecule has 0 spiro atoms. The van der Waals surface area contributed by atoms with Crippen LogP contribution in [0.5, 0.6) is 0 Å². The summed E-state index contributed by atoms with van der Waals surface area (Å²) in [4.78, 5) is 0. The summed E-state index contributed by atoms with van der Waals surface area (Å²) in [6, 6.07) is 4.98. The first kappa shape index (κ1) is 14.1. The van der Waals surface area contributed by atoms with Crippen LogP contribution in [-0.4, -0.2) is 0 Å². The molecule has 0 aromatic heterocycles. The highest BCUT2D eigenvalue weighted by Crippen LogP contribution is 2.31. The number of nitrogen functional groups attached to an aromatic ring is 1. The zero-order valence-electron chi connectivity index (χ0n) is 9.93. The Bertz CT molecular complexity index is 620. The van der Waals surface area contributed by atoms with Crippen LogP contribution in [0, 0.1) is 17.5 Å². The second kappa shape index (κ2) is 5.36. The number of alkyl halides is 2. The van der Waals surface area contributed by atoms with E-state index >= 15 is 0 Å². The zero-order valence-corrected chi connectivity index (χ0v) is 9.93. The van der Waals surface area contributed by atoms with Crippen LogP contribution in [0.3, 0.4) is 0 Å². The summed E-state index contributed by atoms with van der Waals surface area (Å²) >= 11 is 0. The van der Waals surface area contributed by atoms with Crippen LogP contribution in [0.2, 0.25) is 0 Å². The number of halogens is 5. The molecule has 7 heteroatoms. The number of benzene rings is 2. The molecule has 0 heterocycles. The molecule has 0 atom stereocenters. The van der Waals surface area contributed by atoms with Crippen LogP contribution >= 0.6 is 0 Å². The van der Waals surface area contributed by atoms with E-state index in [2.05, 4.69) is 5.32 Å². The molecular weight excluding hydrogens is 279 g/mol. The SMILES string of the molecule is Nc1ccc(Nc2cc(F)c(F)c(F)c2)c(C(F)F)c1. The molecule has 0 bridgehead atoms. The molecular formula is C13H9F5N2. The van der Waals surface area contributed by atoms with Gasteiger partial charge in [-0.25, -0.2) is 22.0 Å². The number of hydrogen-bond acceptors (Lipinski definition) is 2. The first-order chi connectivity index (χ1) is 9.38. The molecule has 0 saturated carbocycles. The molecule has 2 aromatic carbocycles. The van der Waals surface area contributed by atoms with Crippen LogP contribution in [0.1, 0.15) is 12.0 Å². The summed E-state index contributed by atoms with van der Waals surface area (Å²) < 4.78 is 64.5. The average Bonchev–Trinajstić information content (AvgIpc) is 2.37. The molecule has 106 valence electrons. The Balaban J connectivity index is 2.40. The Labute approximate surface area is 111 Å². The summed E-state index contributed by atoms with van der Waals surface area (Å²) in [5.41, 5.74) is 4.85. The fourth-order valence-electron chi connectivity index (χ4n) is 1.66. The quantitative estimate of drug-likeness (QED) is 0.500. The van der Waals surface area contributed by atoms with E-state index in [1.54, 1.807) is 0 Å². The minimum atomic E-state index is -2.82. The van der Waals surface area contributed by atoms with E-state index in [1.807, 2.05) is 0 Å². The summed E-state index contributed by atoms with van der Waals surface area (Å²) in [7, 11) is 0. The van der Waals surface area contributed by atoms with Crippen molar-refractivity contribution in [2.75, 3.05) is 11.1 Å². The number of hydrogen-bond donors (Lipinski definition) is 2. The number of anilines is 3. The normalized spacial score (nSPS) is 10.9. The summed E-state index contributed by atoms with van der Waals surface area (Å²) in [6.45, 7) is 0. The van der Waals surface area contributed by atoms with Crippen molar-refractivity contribution in [2.45, 2.75) is 6.43 Å². The van der Waals surface area contributed by atoms with Gasteiger partial charge < -0.3 is 11.1 Å². The van der Waals surface area contributed by atoms with Gasteiger partial charge in [0, 0.05) is 34.8 Å². The van der Waals surface area contributed by atoms with Crippen LogP contribution in [-0.2, 0) is 0 Å². The van der Waals surface area contributed by atoms with Gasteiger partial charge in [0.15, 0.2) is 17.5 Å². The lowest BCUT2D eigenvalue weighted by Gasteiger charge is -2.13. The third-order valence-corrected chi connectivity index (χ3v) is 2.57. The van der Waals surface area contributed by atoms with Crippen molar-refractivity contribution in [3.63, 3.8) is 0 Å². The minimum absolute atomic E-state index is 0.0698. The van der Waals surface area contributed by atoms with Crippen molar-refractivity contribution >= 4 is 17.1 Å². The van der Waals surface area contributed by atoms with Crippen molar-refractivity contribution in [3.05, 3.63) is 53.3 Å².